The Balaban J connectivity index is 2.21. The minimum absolute atomic E-state index is 0.0305. The lowest BCUT2D eigenvalue weighted by Gasteiger charge is -2.44. The van der Waals surface area contributed by atoms with E-state index in [1.165, 1.54) is 12.8 Å². The van der Waals surface area contributed by atoms with Crippen LogP contribution in [0.5, 0.6) is 0 Å². The molecule has 1 saturated heterocycles. The maximum absolute atomic E-state index is 12.4. The van der Waals surface area contributed by atoms with Crippen molar-refractivity contribution in [2.24, 2.45) is 11.8 Å². The summed E-state index contributed by atoms with van der Waals surface area (Å²) >= 11 is 0. The van der Waals surface area contributed by atoms with Gasteiger partial charge in [-0.15, -0.1) is 0 Å². The zero-order chi connectivity index (χ0) is 12.8. The van der Waals surface area contributed by atoms with E-state index >= 15 is 0 Å². The number of amides is 2. The van der Waals surface area contributed by atoms with Gasteiger partial charge in [0.1, 0.15) is 12.6 Å². The smallest absolute Gasteiger partial charge is 0.246 e. The van der Waals surface area contributed by atoms with Gasteiger partial charge < -0.3 is 10.2 Å². The van der Waals surface area contributed by atoms with E-state index in [1.807, 2.05) is 13.8 Å². The Morgan fingerprint density at radius 1 is 1.29 bits per heavy atom. The summed E-state index contributed by atoms with van der Waals surface area (Å²) in [5.74, 6) is 0.753. The molecule has 4 heteroatoms. The van der Waals surface area contributed by atoms with Crippen LogP contribution in [-0.4, -0.2) is 34.8 Å². The lowest BCUT2D eigenvalue weighted by atomic mass is 9.91. The van der Waals surface area contributed by atoms with Crippen LogP contribution in [0.3, 0.4) is 0 Å². The van der Waals surface area contributed by atoms with E-state index in [-0.39, 0.29) is 35.9 Å². The van der Waals surface area contributed by atoms with E-state index in [0.717, 1.165) is 0 Å². The fourth-order valence-corrected chi connectivity index (χ4v) is 2.62. The lowest BCUT2D eigenvalue weighted by molar-refractivity contribution is -0.151. The molecule has 2 rings (SSSR count). The molecule has 1 saturated carbocycles. The Morgan fingerprint density at radius 2 is 1.88 bits per heavy atom. The molecule has 0 aromatic rings. The van der Waals surface area contributed by atoms with E-state index in [2.05, 4.69) is 19.2 Å². The molecule has 0 radical (unpaired) electrons. The summed E-state index contributed by atoms with van der Waals surface area (Å²) in [5.41, 5.74) is -0.179. The van der Waals surface area contributed by atoms with Crippen LogP contribution < -0.4 is 5.32 Å². The number of hydrogen-bond acceptors (Lipinski definition) is 2. The molecule has 1 aliphatic heterocycles. The predicted molar refractivity (Wildman–Crippen MR) is 65.3 cm³/mol. The van der Waals surface area contributed by atoms with Gasteiger partial charge in [0, 0.05) is 5.54 Å². The molecular formula is C13H22N2O2. The largest absolute Gasteiger partial charge is 0.343 e. The summed E-state index contributed by atoms with van der Waals surface area (Å²) in [5, 5.41) is 2.80. The molecule has 0 bridgehead atoms. The standard InChI is InChI=1S/C13H22N2O2/c1-8(2)11-12(17)15(7-10(16)14-11)13(3,4)9-5-6-9/h8-9,11H,5-7H2,1-4H3,(H,14,16). The van der Waals surface area contributed by atoms with E-state index in [9.17, 15) is 9.59 Å². The molecule has 2 fully saturated rings. The van der Waals surface area contributed by atoms with Crippen molar-refractivity contribution in [3.63, 3.8) is 0 Å². The third-order valence-electron chi connectivity index (χ3n) is 4.09. The molecule has 0 spiro atoms. The van der Waals surface area contributed by atoms with Gasteiger partial charge in [-0.1, -0.05) is 13.8 Å². The number of rotatable bonds is 3. The third-order valence-corrected chi connectivity index (χ3v) is 4.09. The molecule has 0 aromatic heterocycles. The Hall–Kier alpha value is -1.06. The van der Waals surface area contributed by atoms with Crippen LogP contribution >= 0.6 is 0 Å². The minimum atomic E-state index is -0.353. The normalized spacial score (nSPS) is 26.4. The Labute approximate surface area is 103 Å². The van der Waals surface area contributed by atoms with Crippen LogP contribution in [0.1, 0.15) is 40.5 Å². The van der Waals surface area contributed by atoms with Crippen molar-refractivity contribution in [1.82, 2.24) is 10.2 Å². The summed E-state index contributed by atoms with van der Waals surface area (Å²) in [6.07, 6.45) is 2.34. The topological polar surface area (TPSA) is 49.4 Å². The van der Waals surface area contributed by atoms with Crippen LogP contribution in [0.2, 0.25) is 0 Å². The molecule has 1 aliphatic carbocycles. The van der Waals surface area contributed by atoms with Gasteiger partial charge in [-0.05, 0) is 38.5 Å². The minimum Gasteiger partial charge on any atom is -0.343 e. The maximum atomic E-state index is 12.4. The first-order valence-corrected chi connectivity index (χ1v) is 6.45. The highest BCUT2D eigenvalue weighted by Gasteiger charge is 2.48. The second-order valence-corrected chi connectivity index (χ2v) is 6.14. The van der Waals surface area contributed by atoms with Crippen LogP contribution in [0, 0.1) is 11.8 Å². The number of nitrogens with zero attached hydrogens (tertiary/aromatic N) is 1. The number of carbonyl (C=O) groups excluding carboxylic acids is 2. The Morgan fingerprint density at radius 3 is 2.35 bits per heavy atom. The van der Waals surface area contributed by atoms with Crippen molar-refractivity contribution < 1.29 is 9.59 Å². The molecule has 4 nitrogen and oxygen atoms in total. The van der Waals surface area contributed by atoms with E-state index in [1.54, 1.807) is 4.90 Å². The summed E-state index contributed by atoms with van der Waals surface area (Å²) < 4.78 is 0. The molecule has 2 aliphatic rings. The second-order valence-electron chi connectivity index (χ2n) is 6.14. The summed E-state index contributed by atoms with van der Waals surface area (Å²) in [4.78, 5) is 25.9. The molecular weight excluding hydrogens is 216 g/mol. The highest BCUT2D eigenvalue weighted by molar-refractivity contribution is 5.95. The van der Waals surface area contributed by atoms with Crippen molar-refractivity contribution in [1.29, 1.82) is 0 Å². The van der Waals surface area contributed by atoms with Gasteiger partial charge >= 0.3 is 0 Å². The third kappa shape index (κ3) is 2.17. The average Bonchev–Trinajstić information content (AvgIpc) is 3.03. The van der Waals surface area contributed by atoms with Gasteiger partial charge in [-0.25, -0.2) is 0 Å². The Kier molecular flexibility index (Phi) is 2.92. The highest BCUT2D eigenvalue weighted by atomic mass is 16.2. The summed E-state index contributed by atoms with van der Waals surface area (Å²) in [7, 11) is 0. The van der Waals surface area contributed by atoms with Gasteiger partial charge in [0.15, 0.2) is 0 Å². The predicted octanol–water partition coefficient (Wildman–Crippen LogP) is 1.16. The first-order chi connectivity index (χ1) is 7.84. The first-order valence-electron chi connectivity index (χ1n) is 6.45. The SMILES string of the molecule is CC(C)C1NC(=O)CN(C(C)(C)C2CC2)C1=O. The lowest BCUT2D eigenvalue weighted by Crippen LogP contribution is -2.65. The van der Waals surface area contributed by atoms with Crippen molar-refractivity contribution >= 4 is 11.8 Å². The molecule has 1 heterocycles. The zero-order valence-electron chi connectivity index (χ0n) is 11.1. The molecule has 1 atom stereocenters. The van der Waals surface area contributed by atoms with Gasteiger partial charge in [-0.2, -0.15) is 0 Å². The number of carbonyl (C=O) groups is 2. The summed E-state index contributed by atoms with van der Waals surface area (Å²) in [6, 6.07) is -0.353. The van der Waals surface area contributed by atoms with Gasteiger partial charge in [-0.3, -0.25) is 9.59 Å². The molecule has 0 aromatic carbocycles. The van der Waals surface area contributed by atoms with Crippen molar-refractivity contribution in [3.8, 4) is 0 Å². The van der Waals surface area contributed by atoms with Gasteiger partial charge in [0.05, 0.1) is 0 Å². The van der Waals surface area contributed by atoms with Crippen LogP contribution in [0.25, 0.3) is 0 Å². The van der Waals surface area contributed by atoms with E-state index < -0.39 is 0 Å². The number of hydrogen-bond donors (Lipinski definition) is 1. The molecule has 2 amide bonds. The van der Waals surface area contributed by atoms with Gasteiger partial charge in [0.25, 0.3) is 0 Å². The highest BCUT2D eigenvalue weighted by Crippen LogP contribution is 2.43. The van der Waals surface area contributed by atoms with Crippen LogP contribution in [-0.2, 0) is 9.59 Å². The average molecular weight is 238 g/mol. The molecule has 1 unspecified atom stereocenters. The first kappa shape index (κ1) is 12.4. The van der Waals surface area contributed by atoms with Crippen LogP contribution in [0.4, 0.5) is 0 Å². The molecule has 17 heavy (non-hydrogen) atoms. The second kappa shape index (κ2) is 4.00. The van der Waals surface area contributed by atoms with Crippen molar-refractivity contribution in [2.75, 3.05) is 6.54 Å². The van der Waals surface area contributed by atoms with Crippen molar-refractivity contribution in [2.45, 2.75) is 52.1 Å². The maximum Gasteiger partial charge on any atom is 0.246 e. The number of nitrogens with one attached hydrogen (secondary N) is 1. The van der Waals surface area contributed by atoms with E-state index in [4.69, 9.17) is 0 Å². The Bertz CT molecular complexity index is 345. The van der Waals surface area contributed by atoms with Crippen LogP contribution in [0.15, 0.2) is 0 Å². The molecule has 96 valence electrons. The fourth-order valence-electron chi connectivity index (χ4n) is 2.62. The van der Waals surface area contributed by atoms with Gasteiger partial charge in [0.2, 0.25) is 11.8 Å². The number of piperazine rings is 1. The van der Waals surface area contributed by atoms with E-state index in [0.29, 0.717) is 5.92 Å². The fraction of sp³-hybridized carbons (Fsp3) is 0.846. The summed E-state index contributed by atoms with van der Waals surface area (Å²) in [6.45, 7) is 8.32. The molecule has 1 N–H and O–H groups in total. The monoisotopic (exact) mass is 238 g/mol. The quantitative estimate of drug-likeness (QED) is 0.802. The zero-order valence-corrected chi connectivity index (χ0v) is 11.1. The van der Waals surface area contributed by atoms with Crippen molar-refractivity contribution in [3.05, 3.63) is 0 Å².